The van der Waals surface area contributed by atoms with E-state index in [1.165, 1.54) is 0 Å². The molecule has 2 aliphatic heterocycles. The highest BCUT2D eigenvalue weighted by Gasteiger charge is 2.27. The number of hydrogen-bond acceptors (Lipinski definition) is 9. The van der Waals surface area contributed by atoms with Crippen LogP contribution in [-0.4, -0.2) is 70.4 Å². The van der Waals surface area contributed by atoms with Gasteiger partial charge in [-0.3, -0.25) is 4.79 Å². The lowest BCUT2D eigenvalue weighted by Crippen LogP contribution is -2.39. The number of piperidine rings is 1. The summed E-state index contributed by atoms with van der Waals surface area (Å²) >= 11 is 1.97. The molecule has 2 fully saturated rings. The molecule has 0 unspecified atom stereocenters. The second-order valence-electron chi connectivity index (χ2n) is 7.08. The molecule has 0 aliphatic carbocycles. The summed E-state index contributed by atoms with van der Waals surface area (Å²) in [6.45, 7) is 6.13. The van der Waals surface area contributed by atoms with Crippen LogP contribution >= 0.6 is 11.8 Å². The number of hydrogen-bond donors (Lipinski definition) is 1. The van der Waals surface area contributed by atoms with E-state index < -0.39 is 0 Å². The fraction of sp³-hybridized carbons (Fsp3) is 0.706. The highest BCUT2D eigenvalue weighted by molar-refractivity contribution is 7.99. The molecule has 0 aromatic carbocycles. The maximum atomic E-state index is 11.0. The van der Waals surface area contributed by atoms with Gasteiger partial charge in [0.25, 0.3) is 0 Å². The van der Waals surface area contributed by atoms with Crippen molar-refractivity contribution in [2.75, 3.05) is 54.0 Å². The third-order valence-corrected chi connectivity index (χ3v) is 6.17. The van der Waals surface area contributed by atoms with Gasteiger partial charge in [-0.05, 0) is 35.5 Å². The van der Waals surface area contributed by atoms with Gasteiger partial charge in [-0.25, -0.2) is 14.6 Å². The van der Waals surface area contributed by atoms with Gasteiger partial charge in [-0.1, -0.05) is 0 Å². The van der Waals surface area contributed by atoms with Crippen molar-refractivity contribution in [1.82, 2.24) is 25.6 Å². The van der Waals surface area contributed by atoms with Crippen molar-refractivity contribution >= 4 is 40.6 Å². The first-order chi connectivity index (χ1) is 13.2. The van der Waals surface area contributed by atoms with Gasteiger partial charge in [-0.2, -0.15) is 11.8 Å². The van der Waals surface area contributed by atoms with Crippen molar-refractivity contribution in [3.8, 4) is 0 Å². The number of nitrogens with zero attached hydrogens (tertiary/aromatic N) is 6. The molecule has 9 nitrogen and oxygen atoms in total. The Hall–Kier alpha value is -2.10. The van der Waals surface area contributed by atoms with Gasteiger partial charge in [0.15, 0.2) is 11.6 Å². The number of rotatable bonds is 5. The van der Waals surface area contributed by atoms with Crippen LogP contribution in [-0.2, 0) is 4.79 Å². The first kappa shape index (κ1) is 18.3. The standard InChI is InChI=1S/C17H25N7O2S/c1-12(25)18-5-2-13-3-6-23(7-4-13)16-17(24-8-10-27-11-9-24)20-15-14(19-16)21-26-22-15/h13H,2-11H2,1H3,(H,18,25). The van der Waals surface area contributed by atoms with Gasteiger partial charge in [-0.15, -0.1) is 0 Å². The molecule has 2 aromatic rings. The van der Waals surface area contributed by atoms with Gasteiger partial charge >= 0.3 is 0 Å². The van der Waals surface area contributed by atoms with Crippen molar-refractivity contribution in [2.24, 2.45) is 5.92 Å². The minimum Gasteiger partial charge on any atom is -0.356 e. The minimum atomic E-state index is 0.0431. The second-order valence-corrected chi connectivity index (χ2v) is 8.31. The van der Waals surface area contributed by atoms with E-state index in [4.69, 9.17) is 14.6 Å². The lowest BCUT2D eigenvalue weighted by atomic mass is 9.93. The molecule has 4 rings (SSSR count). The normalized spacial score (nSPS) is 18.9. The van der Waals surface area contributed by atoms with E-state index in [-0.39, 0.29) is 5.91 Å². The highest BCUT2D eigenvalue weighted by atomic mass is 32.2. The summed E-state index contributed by atoms with van der Waals surface area (Å²) in [6.07, 6.45) is 3.21. The first-order valence-corrected chi connectivity index (χ1v) is 10.7. The largest absolute Gasteiger partial charge is 0.356 e. The number of carbonyl (C=O) groups is 1. The van der Waals surface area contributed by atoms with Gasteiger partial charge in [0.05, 0.1) is 0 Å². The van der Waals surface area contributed by atoms with Crippen molar-refractivity contribution < 1.29 is 9.42 Å². The molecule has 0 atom stereocenters. The molecule has 0 radical (unpaired) electrons. The molecule has 1 N–H and O–H groups in total. The van der Waals surface area contributed by atoms with E-state index in [0.717, 1.165) is 75.1 Å². The monoisotopic (exact) mass is 391 g/mol. The predicted octanol–water partition coefficient (Wildman–Crippen LogP) is 1.31. The zero-order chi connectivity index (χ0) is 18.6. The number of amides is 1. The first-order valence-electron chi connectivity index (χ1n) is 9.53. The Bertz CT molecular complexity index is 785. The molecule has 2 saturated heterocycles. The third-order valence-electron chi connectivity index (χ3n) is 5.23. The molecule has 2 aromatic heterocycles. The van der Waals surface area contributed by atoms with Crippen molar-refractivity contribution in [2.45, 2.75) is 26.2 Å². The van der Waals surface area contributed by atoms with Crippen molar-refractivity contribution in [3.63, 3.8) is 0 Å². The number of fused-ring (bicyclic) bond motifs is 1. The summed E-state index contributed by atoms with van der Waals surface area (Å²) in [5.41, 5.74) is 0.935. The van der Waals surface area contributed by atoms with Gasteiger partial charge in [0, 0.05) is 51.2 Å². The summed E-state index contributed by atoms with van der Waals surface area (Å²) in [6, 6.07) is 0. The van der Waals surface area contributed by atoms with Crippen molar-refractivity contribution in [3.05, 3.63) is 0 Å². The van der Waals surface area contributed by atoms with Crippen LogP contribution < -0.4 is 15.1 Å². The minimum absolute atomic E-state index is 0.0431. The molecule has 27 heavy (non-hydrogen) atoms. The maximum absolute atomic E-state index is 11.0. The average molecular weight is 392 g/mol. The summed E-state index contributed by atoms with van der Waals surface area (Å²) in [7, 11) is 0. The molecule has 0 saturated carbocycles. The van der Waals surface area contributed by atoms with Crippen molar-refractivity contribution in [1.29, 1.82) is 0 Å². The fourth-order valence-corrected chi connectivity index (χ4v) is 4.61. The Morgan fingerprint density at radius 2 is 1.67 bits per heavy atom. The zero-order valence-corrected chi connectivity index (χ0v) is 16.4. The van der Waals surface area contributed by atoms with Gasteiger partial charge in [0.2, 0.25) is 17.2 Å². The van der Waals surface area contributed by atoms with E-state index in [1.54, 1.807) is 6.92 Å². The topological polar surface area (TPSA) is 100 Å². The Labute approximate surface area is 162 Å². The van der Waals surface area contributed by atoms with Crippen LogP contribution in [0, 0.1) is 5.92 Å². The number of thioether (sulfide) groups is 1. The fourth-order valence-electron chi connectivity index (χ4n) is 3.71. The van der Waals surface area contributed by atoms with E-state index in [1.807, 2.05) is 11.8 Å². The van der Waals surface area contributed by atoms with E-state index in [0.29, 0.717) is 17.2 Å². The van der Waals surface area contributed by atoms with Crippen LogP contribution in [0.2, 0.25) is 0 Å². The molecule has 0 spiro atoms. The smallest absolute Gasteiger partial charge is 0.245 e. The van der Waals surface area contributed by atoms with Crippen LogP contribution in [0.3, 0.4) is 0 Å². The number of aromatic nitrogens is 4. The van der Waals surface area contributed by atoms with E-state index in [2.05, 4.69) is 25.4 Å². The molecular formula is C17H25N7O2S. The summed E-state index contributed by atoms with van der Waals surface area (Å²) in [5, 5.41) is 10.7. The molecule has 2 aliphatic rings. The SMILES string of the molecule is CC(=O)NCCC1CCN(c2nc3nonc3nc2N2CCSCC2)CC1. The van der Waals surface area contributed by atoms with Crippen LogP contribution in [0.1, 0.15) is 26.2 Å². The maximum Gasteiger partial charge on any atom is 0.245 e. The quantitative estimate of drug-likeness (QED) is 0.808. The van der Waals surface area contributed by atoms with Gasteiger partial charge < -0.3 is 15.1 Å². The Morgan fingerprint density at radius 3 is 2.26 bits per heavy atom. The Balaban J connectivity index is 1.48. The Morgan fingerprint density at radius 1 is 1.07 bits per heavy atom. The zero-order valence-electron chi connectivity index (χ0n) is 15.6. The van der Waals surface area contributed by atoms with E-state index >= 15 is 0 Å². The summed E-state index contributed by atoms with van der Waals surface area (Å²) < 4.78 is 4.83. The van der Waals surface area contributed by atoms with Crippen LogP contribution in [0.15, 0.2) is 4.63 Å². The molecule has 4 heterocycles. The molecule has 10 heteroatoms. The number of carbonyl (C=O) groups excluding carboxylic acids is 1. The second kappa shape index (κ2) is 8.28. The molecule has 146 valence electrons. The molecule has 1 amide bonds. The molecule has 0 bridgehead atoms. The number of anilines is 2. The lowest BCUT2D eigenvalue weighted by Gasteiger charge is -2.36. The summed E-state index contributed by atoms with van der Waals surface area (Å²) in [4.78, 5) is 25.1. The Kier molecular flexibility index (Phi) is 5.61. The van der Waals surface area contributed by atoms with Crippen LogP contribution in [0.25, 0.3) is 11.3 Å². The predicted molar refractivity (Wildman–Crippen MR) is 105 cm³/mol. The highest BCUT2D eigenvalue weighted by Crippen LogP contribution is 2.32. The third kappa shape index (κ3) is 4.26. The van der Waals surface area contributed by atoms with Gasteiger partial charge in [0.1, 0.15) is 0 Å². The van der Waals surface area contributed by atoms with Crippen LogP contribution in [0.4, 0.5) is 11.6 Å². The van der Waals surface area contributed by atoms with Crippen LogP contribution in [0.5, 0.6) is 0 Å². The van der Waals surface area contributed by atoms with E-state index in [9.17, 15) is 4.79 Å². The molecular weight excluding hydrogens is 366 g/mol. The average Bonchev–Trinajstić information content (AvgIpc) is 3.15. The summed E-state index contributed by atoms with van der Waals surface area (Å²) in [5.74, 6) is 4.67. The number of nitrogens with one attached hydrogen (secondary N) is 1. The lowest BCUT2D eigenvalue weighted by molar-refractivity contribution is -0.119.